The fourth-order valence-corrected chi connectivity index (χ4v) is 3.68. The molecule has 0 spiro atoms. The molecule has 1 atom stereocenters. The van der Waals surface area contributed by atoms with Crippen LogP contribution in [-0.2, 0) is 9.59 Å². The van der Waals surface area contributed by atoms with Gasteiger partial charge in [0.2, 0.25) is 11.8 Å². The van der Waals surface area contributed by atoms with Crippen LogP contribution in [0.5, 0.6) is 0 Å². The number of nitrogens with zero attached hydrogens (tertiary/aromatic N) is 4. The van der Waals surface area contributed by atoms with Crippen LogP contribution >= 0.6 is 11.6 Å². The van der Waals surface area contributed by atoms with Crippen LogP contribution in [0.3, 0.4) is 0 Å². The molecule has 1 aliphatic carbocycles. The quantitative estimate of drug-likeness (QED) is 0.776. The Balaban J connectivity index is 1.34. The summed E-state index contributed by atoms with van der Waals surface area (Å²) in [6.45, 7) is 4.52. The van der Waals surface area contributed by atoms with Crippen LogP contribution in [0.1, 0.15) is 25.5 Å². The molecule has 3 heterocycles. The molecule has 2 aliphatic rings. The summed E-state index contributed by atoms with van der Waals surface area (Å²) in [6.07, 6.45) is 7.29. The van der Waals surface area contributed by atoms with Crippen LogP contribution < -0.4 is 5.32 Å². The Kier molecular flexibility index (Phi) is 5.37. The SMILES string of the molecule is CC(C(=O)NC1CC1)N1CCN(C(=O)/C=C/c2c(Cl)nc3ccccn23)CC1. The van der Waals surface area contributed by atoms with Crippen molar-refractivity contribution in [3.05, 3.63) is 41.3 Å². The zero-order valence-electron chi connectivity index (χ0n) is 15.8. The van der Waals surface area contributed by atoms with E-state index in [1.54, 1.807) is 17.1 Å². The highest BCUT2D eigenvalue weighted by molar-refractivity contribution is 6.31. The summed E-state index contributed by atoms with van der Waals surface area (Å²) in [5.74, 6) is 0.0288. The van der Waals surface area contributed by atoms with Gasteiger partial charge in [-0.05, 0) is 38.0 Å². The van der Waals surface area contributed by atoms with Crippen molar-refractivity contribution in [1.29, 1.82) is 0 Å². The predicted octanol–water partition coefficient (Wildman–Crippen LogP) is 1.81. The fourth-order valence-electron chi connectivity index (χ4n) is 3.44. The van der Waals surface area contributed by atoms with E-state index in [1.165, 1.54) is 0 Å². The molecule has 1 saturated carbocycles. The van der Waals surface area contributed by atoms with Gasteiger partial charge in [0.1, 0.15) is 5.65 Å². The number of hydrogen-bond donors (Lipinski definition) is 1. The number of pyridine rings is 1. The van der Waals surface area contributed by atoms with E-state index in [0.29, 0.717) is 43.1 Å². The Morgan fingerprint density at radius 1 is 1.25 bits per heavy atom. The van der Waals surface area contributed by atoms with E-state index in [4.69, 9.17) is 11.6 Å². The molecule has 1 unspecified atom stereocenters. The number of fused-ring (bicyclic) bond motifs is 1. The van der Waals surface area contributed by atoms with Crippen molar-refractivity contribution < 1.29 is 9.59 Å². The molecule has 4 rings (SSSR count). The molecule has 8 heteroatoms. The maximum atomic E-state index is 12.6. The van der Waals surface area contributed by atoms with Crippen molar-refractivity contribution in [3.63, 3.8) is 0 Å². The maximum absolute atomic E-state index is 12.6. The van der Waals surface area contributed by atoms with Crippen LogP contribution in [0.2, 0.25) is 5.15 Å². The number of halogens is 1. The number of piperazine rings is 1. The van der Waals surface area contributed by atoms with E-state index in [9.17, 15) is 9.59 Å². The first-order chi connectivity index (χ1) is 13.5. The minimum absolute atomic E-state index is 0.0586. The van der Waals surface area contributed by atoms with Gasteiger partial charge < -0.3 is 10.2 Å². The number of hydrogen-bond acceptors (Lipinski definition) is 4. The lowest BCUT2D eigenvalue weighted by Gasteiger charge is -2.37. The number of nitrogens with one attached hydrogen (secondary N) is 1. The van der Waals surface area contributed by atoms with Crippen LogP contribution in [0, 0.1) is 0 Å². The molecule has 7 nitrogen and oxygen atoms in total. The molecule has 2 fully saturated rings. The highest BCUT2D eigenvalue weighted by Gasteiger charge is 2.30. The Hall–Kier alpha value is -2.38. The van der Waals surface area contributed by atoms with Crippen LogP contribution in [-0.4, -0.2) is 69.3 Å². The molecule has 0 radical (unpaired) electrons. The molecule has 0 bridgehead atoms. The van der Waals surface area contributed by atoms with Gasteiger partial charge in [-0.3, -0.25) is 18.9 Å². The third-order valence-corrected chi connectivity index (χ3v) is 5.66. The summed E-state index contributed by atoms with van der Waals surface area (Å²) < 4.78 is 1.85. The van der Waals surface area contributed by atoms with Gasteiger partial charge >= 0.3 is 0 Å². The van der Waals surface area contributed by atoms with Gasteiger partial charge in [-0.1, -0.05) is 17.7 Å². The highest BCUT2D eigenvalue weighted by atomic mass is 35.5. The van der Waals surface area contributed by atoms with Crippen molar-refractivity contribution in [1.82, 2.24) is 24.5 Å². The average molecular weight is 402 g/mol. The highest BCUT2D eigenvalue weighted by Crippen LogP contribution is 2.20. The van der Waals surface area contributed by atoms with E-state index in [2.05, 4.69) is 15.2 Å². The van der Waals surface area contributed by atoms with Gasteiger partial charge in [0.25, 0.3) is 0 Å². The second-order valence-corrected chi connectivity index (χ2v) is 7.73. The predicted molar refractivity (Wildman–Crippen MR) is 108 cm³/mol. The van der Waals surface area contributed by atoms with Crippen molar-refractivity contribution in [3.8, 4) is 0 Å². The number of amides is 2. The number of rotatable bonds is 5. The summed E-state index contributed by atoms with van der Waals surface area (Å²) in [5.41, 5.74) is 1.43. The summed E-state index contributed by atoms with van der Waals surface area (Å²) in [5, 5.41) is 3.42. The standard InChI is InChI=1S/C20H24ClN5O2/c1-14(20(28)22-15-5-6-15)24-10-12-25(13-11-24)18(27)8-7-16-19(21)23-17-4-2-3-9-26(16)17/h2-4,7-9,14-15H,5-6,10-13H2,1H3,(H,22,28)/b8-7+. The van der Waals surface area contributed by atoms with Crippen molar-refractivity contribution in [2.45, 2.75) is 31.8 Å². The number of carbonyl (C=O) groups excluding carboxylic acids is 2. The van der Waals surface area contributed by atoms with Gasteiger partial charge in [-0.2, -0.15) is 0 Å². The lowest BCUT2D eigenvalue weighted by molar-refractivity contribution is -0.130. The van der Waals surface area contributed by atoms with Gasteiger partial charge in [0, 0.05) is 44.5 Å². The van der Waals surface area contributed by atoms with Crippen molar-refractivity contribution >= 4 is 35.1 Å². The Bertz CT molecular complexity index is 912. The first kappa shape index (κ1) is 19.0. The fraction of sp³-hybridized carbons (Fsp3) is 0.450. The van der Waals surface area contributed by atoms with E-state index in [1.807, 2.05) is 35.7 Å². The third kappa shape index (κ3) is 4.05. The van der Waals surface area contributed by atoms with E-state index >= 15 is 0 Å². The monoisotopic (exact) mass is 401 g/mol. The molecule has 2 aromatic rings. The summed E-state index contributed by atoms with van der Waals surface area (Å²) >= 11 is 6.21. The molecule has 1 aliphatic heterocycles. The average Bonchev–Trinajstić information content (AvgIpc) is 3.46. The molecule has 2 aromatic heterocycles. The van der Waals surface area contributed by atoms with Crippen LogP contribution in [0.25, 0.3) is 11.7 Å². The van der Waals surface area contributed by atoms with E-state index < -0.39 is 0 Å². The van der Waals surface area contributed by atoms with Crippen LogP contribution in [0.15, 0.2) is 30.5 Å². The maximum Gasteiger partial charge on any atom is 0.246 e. The minimum Gasteiger partial charge on any atom is -0.352 e. The van der Waals surface area contributed by atoms with E-state index in [-0.39, 0.29) is 17.9 Å². The number of carbonyl (C=O) groups is 2. The topological polar surface area (TPSA) is 70.0 Å². The van der Waals surface area contributed by atoms with Gasteiger partial charge in [0.05, 0.1) is 11.7 Å². The molecule has 1 N–H and O–H groups in total. The Morgan fingerprint density at radius 3 is 2.71 bits per heavy atom. The molecule has 1 saturated heterocycles. The molecule has 148 valence electrons. The number of imidazole rings is 1. The van der Waals surface area contributed by atoms with Crippen molar-refractivity contribution in [2.24, 2.45) is 0 Å². The molecule has 2 amide bonds. The lowest BCUT2D eigenvalue weighted by Crippen LogP contribution is -2.55. The molecule has 28 heavy (non-hydrogen) atoms. The Morgan fingerprint density at radius 2 is 2.00 bits per heavy atom. The minimum atomic E-state index is -0.162. The smallest absolute Gasteiger partial charge is 0.246 e. The first-order valence-corrected chi connectivity index (χ1v) is 10.0. The first-order valence-electron chi connectivity index (χ1n) is 9.67. The molecular weight excluding hydrogens is 378 g/mol. The zero-order chi connectivity index (χ0) is 19.7. The summed E-state index contributed by atoms with van der Waals surface area (Å²) in [6, 6.07) is 5.86. The van der Waals surface area contributed by atoms with Gasteiger partial charge in [0.15, 0.2) is 5.15 Å². The molecule has 0 aromatic carbocycles. The second-order valence-electron chi connectivity index (χ2n) is 7.37. The lowest BCUT2D eigenvalue weighted by atomic mass is 10.2. The van der Waals surface area contributed by atoms with Gasteiger partial charge in [-0.25, -0.2) is 4.98 Å². The number of aromatic nitrogens is 2. The third-order valence-electron chi connectivity index (χ3n) is 5.38. The largest absolute Gasteiger partial charge is 0.352 e. The zero-order valence-corrected chi connectivity index (χ0v) is 16.6. The second kappa shape index (κ2) is 7.93. The van der Waals surface area contributed by atoms with E-state index in [0.717, 1.165) is 18.5 Å². The van der Waals surface area contributed by atoms with Gasteiger partial charge in [-0.15, -0.1) is 0 Å². The van der Waals surface area contributed by atoms with Crippen molar-refractivity contribution in [2.75, 3.05) is 26.2 Å². The van der Waals surface area contributed by atoms with Crippen LogP contribution in [0.4, 0.5) is 0 Å². The summed E-state index contributed by atoms with van der Waals surface area (Å²) in [4.78, 5) is 33.0. The molecular formula is C20H24ClN5O2. The Labute approximate surface area is 169 Å². The summed E-state index contributed by atoms with van der Waals surface area (Å²) in [7, 11) is 0. The normalized spacial score (nSPS) is 19.3.